The minimum absolute atomic E-state index is 0.340. The molecule has 0 radical (unpaired) electrons. The Hall–Kier alpha value is -1.36. The van der Waals surface area contributed by atoms with Crippen LogP contribution in [0.3, 0.4) is 0 Å². The molecule has 1 aromatic heterocycles. The van der Waals surface area contributed by atoms with Gasteiger partial charge in [-0.15, -0.1) is 0 Å². The van der Waals surface area contributed by atoms with Crippen molar-refractivity contribution in [2.24, 2.45) is 0 Å². The fourth-order valence-electron chi connectivity index (χ4n) is 1.78. The molecule has 0 aliphatic rings. The summed E-state index contributed by atoms with van der Waals surface area (Å²) in [6.45, 7) is 5.38. The van der Waals surface area contributed by atoms with E-state index in [1.54, 1.807) is 39.1 Å². The molecular formula is C14H15BrFNO2. The third-order valence-corrected chi connectivity index (χ3v) is 3.20. The first-order chi connectivity index (χ1) is 8.81. The molecule has 19 heavy (non-hydrogen) atoms. The van der Waals surface area contributed by atoms with E-state index in [0.29, 0.717) is 16.4 Å². The second-order valence-electron chi connectivity index (χ2n) is 5.30. The van der Waals surface area contributed by atoms with Gasteiger partial charge in [0.1, 0.15) is 11.4 Å². The van der Waals surface area contributed by atoms with Crippen LogP contribution < -0.4 is 0 Å². The van der Waals surface area contributed by atoms with E-state index >= 15 is 0 Å². The lowest BCUT2D eigenvalue weighted by molar-refractivity contribution is 0.0544. The van der Waals surface area contributed by atoms with E-state index in [-0.39, 0.29) is 5.82 Å². The topological polar surface area (TPSA) is 31.2 Å². The van der Waals surface area contributed by atoms with Crippen molar-refractivity contribution >= 4 is 32.9 Å². The number of rotatable bonds is 1. The van der Waals surface area contributed by atoms with Gasteiger partial charge in [0, 0.05) is 16.9 Å². The SMILES string of the molecule is CC(C)(C)OC(=O)n1ccc2cc(CBr)c(F)cc21. The number of hydrogen-bond acceptors (Lipinski definition) is 2. The van der Waals surface area contributed by atoms with E-state index in [1.807, 2.05) is 0 Å². The summed E-state index contributed by atoms with van der Waals surface area (Å²) in [5.74, 6) is -0.340. The Morgan fingerprint density at radius 2 is 2.11 bits per heavy atom. The molecule has 0 saturated carbocycles. The Kier molecular flexibility index (Phi) is 3.67. The highest BCUT2D eigenvalue weighted by Gasteiger charge is 2.19. The lowest BCUT2D eigenvalue weighted by Crippen LogP contribution is -2.26. The van der Waals surface area contributed by atoms with Crippen LogP contribution in [-0.2, 0) is 10.1 Å². The first-order valence-corrected chi connectivity index (χ1v) is 7.03. The Labute approximate surface area is 119 Å². The number of ether oxygens (including phenoxy) is 1. The zero-order chi connectivity index (χ0) is 14.2. The molecule has 2 rings (SSSR count). The van der Waals surface area contributed by atoms with Gasteiger partial charge >= 0.3 is 6.09 Å². The monoisotopic (exact) mass is 327 g/mol. The van der Waals surface area contributed by atoms with Crippen LogP contribution in [-0.4, -0.2) is 16.3 Å². The van der Waals surface area contributed by atoms with E-state index in [2.05, 4.69) is 15.9 Å². The summed E-state index contributed by atoms with van der Waals surface area (Å²) in [6.07, 6.45) is 1.09. The van der Waals surface area contributed by atoms with Gasteiger partial charge in [-0.05, 0) is 44.5 Å². The minimum Gasteiger partial charge on any atom is -0.443 e. The van der Waals surface area contributed by atoms with Crippen LogP contribution in [0.4, 0.5) is 9.18 Å². The summed E-state index contributed by atoms with van der Waals surface area (Å²) < 4.78 is 20.4. The standard InChI is InChI=1S/C14H15BrFNO2/c1-14(2,3)19-13(18)17-5-4-9-6-10(8-15)11(16)7-12(9)17/h4-7H,8H2,1-3H3. The maximum atomic E-state index is 13.8. The van der Waals surface area contributed by atoms with Gasteiger partial charge in [0.15, 0.2) is 0 Å². The Balaban J connectivity index is 2.46. The summed E-state index contributed by atoms with van der Waals surface area (Å²) in [7, 11) is 0. The number of aromatic nitrogens is 1. The van der Waals surface area contributed by atoms with Crippen LogP contribution in [0.2, 0.25) is 0 Å². The van der Waals surface area contributed by atoms with Crippen LogP contribution in [0, 0.1) is 5.82 Å². The van der Waals surface area contributed by atoms with Gasteiger partial charge in [0.25, 0.3) is 0 Å². The predicted molar refractivity (Wildman–Crippen MR) is 76.2 cm³/mol. The average molecular weight is 328 g/mol. The van der Waals surface area contributed by atoms with Crippen molar-refractivity contribution in [2.45, 2.75) is 31.7 Å². The molecule has 5 heteroatoms. The second-order valence-corrected chi connectivity index (χ2v) is 5.86. The zero-order valence-electron chi connectivity index (χ0n) is 11.0. The molecule has 1 aromatic carbocycles. The van der Waals surface area contributed by atoms with Gasteiger partial charge in [-0.3, -0.25) is 4.57 Å². The highest BCUT2D eigenvalue weighted by Crippen LogP contribution is 2.23. The lowest BCUT2D eigenvalue weighted by Gasteiger charge is -2.19. The number of alkyl halides is 1. The number of nitrogens with zero attached hydrogens (tertiary/aromatic N) is 1. The van der Waals surface area contributed by atoms with Crippen molar-refractivity contribution in [3.05, 3.63) is 35.8 Å². The zero-order valence-corrected chi connectivity index (χ0v) is 12.6. The maximum Gasteiger partial charge on any atom is 0.418 e. The summed E-state index contributed by atoms with van der Waals surface area (Å²) in [6, 6.07) is 4.85. The van der Waals surface area contributed by atoms with Crippen molar-refractivity contribution in [1.82, 2.24) is 4.57 Å². The maximum absolute atomic E-state index is 13.8. The molecule has 3 nitrogen and oxygen atoms in total. The lowest BCUT2D eigenvalue weighted by atomic mass is 10.2. The normalized spacial score (nSPS) is 11.8. The number of carbonyl (C=O) groups excluding carboxylic acids is 1. The van der Waals surface area contributed by atoms with Gasteiger partial charge in [0.2, 0.25) is 0 Å². The predicted octanol–water partition coefficient (Wildman–Crippen LogP) is 4.46. The van der Waals surface area contributed by atoms with Gasteiger partial charge < -0.3 is 4.74 Å². The number of hydrogen-bond donors (Lipinski definition) is 0. The van der Waals surface area contributed by atoms with E-state index in [4.69, 9.17) is 4.74 Å². The molecule has 2 aromatic rings. The van der Waals surface area contributed by atoms with Crippen LogP contribution in [0.15, 0.2) is 24.4 Å². The van der Waals surface area contributed by atoms with Crippen LogP contribution in [0.5, 0.6) is 0 Å². The molecule has 1 heterocycles. The first-order valence-electron chi connectivity index (χ1n) is 5.90. The molecule has 0 aliphatic carbocycles. The molecule has 0 amide bonds. The fraction of sp³-hybridized carbons (Fsp3) is 0.357. The molecule has 0 bridgehead atoms. The average Bonchev–Trinajstić information content (AvgIpc) is 2.68. The highest BCUT2D eigenvalue weighted by molar-refractivity contribution is 9.08. The number of carbonyl (C=O) groups is 1. The summed E-state index contributed by atoms with van der Waals surface area (Å²) >= 11 is 3.23. The molecule has 0 unspecified atom stereocenters. The van der Waals surface area contributed by atoms with Crippen LogP contribution in [0.25, 0.3) is 10.9 Å². The van der Waals surface area contributed by atoms with E-state index in [1.165, 1.54) is 10.6 Å². The van der Waals surface area contributed by atoms with E-state index in [0.717, 1.165) is 5.39 Å². The Morgan fingerprint density at radius 3 is 2.68 bits per heavy atom. The Bertz CT molecular complexity index is 628. The van der Waals surface area contributed by atoms with Crippen LogP contribution in [0.1, 0.15) is 26.3 Å². The summed E-state index contributed by atoms with van der Waals surface area (Å²) in [4.78, 5) is 12.0. The number of benzene rings is 1. The Morgan fingerprint density at radius 1 is 1.42 bits per heavy atom. The molecule has 0 aliphatic heterocycles. The quantitative estimate of drug-likeness (QED) is 0.724. The number of halogens is 2. The van der Waals surface area contributed by atoms with E-state index in [9.17, 15) is 9.18 Å². The molecule has 0 saturated heterocycles. The minimum atomic E-state index is -0.581. The van der Waals surface area contributed by atoms with E-state index < -0.39 is 11.7 Å². The smallest absolute Gasteiger partial charge is 0.418 e. The van der Waals surface area contributed by atoms with Crippen LogP contribution >= 0.6 is 15.9 Å². The van der Waals surface area contributed by atoms with Gasteiger partial charge in [-0.25, -0.2) is 9.18 Å². The molecule has 0 spiro atoms. The van der Waals surface area contributed by atoms with Crippen molar-refractivity contribution in [1.29, 1.82) is 0 Å². The molecule has 0 atom stereocenters. The third-order valence-electron chi connectivity index (χ3n) is 2.59. The molecule has 0 N–H and O–H groups in total. The molecule has 102 valence electrons. The van der Waals surface area contributed by atoms with Crippen molar-refractivity contribution in [3.63, 3.8) is 0 Å². The summed E-state index contributed by atoms with van der Waals surface area (Å²) in [5.41, 5.74) is 0.494. The van der Waals surface area contributed by atoms with Gasteiger partial charge in [-0.2, -0.15) is 0 Å². The van der Waals surface area contributed by atoms with Gasteiger partial charge in [0.05, 0.1) is 5.52 Å². The molecular weight excluding hydrogens is 313 g/mol. The number of fused-ring (bicyclic) bond motifs is 1. The second kappa shape index (κ2) is 4.96. The van der Waals surface area contributed by atoms with Crippen molar-refractivity contribution < 1.29 is 13.9 Å². The van der Waals surface area contributed by atoms with Crippen molar-refractivity contribution in [3.8, 4) is 0 Å². The summed E-state index contributed by atoms with van der Waals surface area (Å²) in [5, 5.41) is 1.24. The highest BCUT2D eigenvalue weighted by atomic mass is 79.9. The first kappa shape index (κ1) is 14.1. The fourth-order valence-corrected chi connectivity index (χ4v) is 2.21. The van der Waals surface area contributed by atoms with Gasteiger partial charge in [-0.1, -0.05) is 15.9 Å². The third kappa shape index (κ3) is 2.97. The largest absolute Gasteiger partial charge is 0.443 e. The molecule has 0 fully saturated rings. The van der Waals surface area contributed by atoms with Crippen molar-refractivity contribution in [2.75, 3.05) is 0 Å².